The van der Waals surface area contributed by atoms with E-state index in [0.29, 0.717) is 16.2 Å². The van der Waals surface area contributed by atoms with Crippen molar-refractivity contribution in [2.24, 2.45) is 0 Å². The number of nitrogens with zero attached hydrogens (tertiary/aromatic N) is 3. The Balaban J connectivity index is 1.56. The normalized spacial score (nSPS) is 27.1. The molecule has 0 spiro atoms. The van der Waals surface area contributed by atoms with Crippen LogP contribution in [0.15, 0.2) is 12.1 Å². The van der Waals surface area contributed by atoms with E-state index in [2.05, 4.69) is 20.1 Å². The van der Waals surface area contributed by atoms with E-state index in [1.54, 1.807) is 13.0 Å². The Morgan fingerprint density at radius 1 is 1.35 bits per heavy atom. The molecule has 3 atom stereocenters. The number of hydrogen-bond acceptors (Lipinski definition) is 5. The number of amides is 1. The van der Waals surface area contributed by atoms with Gasteiger partial charge in [0.15, 0.2) is 5.13 Å². The Morgan fingerprint density at radius 2 is 2.22 bits per heavy atom. The van der Waals surface area contributed by atoms with Crippen LogP contribution in [0.3, 0.4) is 0 Å². The third kappa shape index (κ3) is 2.73. The van der Waals surface area contributed by atoms with Crippen molar-refractivity contribution in [3.05, 3.63) is 23.5 Å². The molecule has 0 aliphatic carbocycles. The first-order valence-electron chi connectivity index (χ1n) is 7.95. The molecule has 5 rings (SSSR count). The van der Waals surface area contributed by atoms with E-state index >= 15 is 0 Å². The van der Waals surface area contributed by atoms with Gasteiger partial charge in [0.1, 0.15) is 11.9 Å². The maximum Gasteiger partial charge on any atom is 0.244 e. The van der Waals surface area contributed by atoms with Crippen molar-refractivity contribution < 1.29 is 9.18 Å². The minimum Gasteiger partial charge on any atom is -0.301 e. The van der Waals surface area contributed by atoms with Crippen molar-refractivity contribution >= 4 is 32.6 Å². The summed E-state index contributed by atoms with van der Waals surface area (Å²) >= 11 is 1.40. The largest absolute Gasteiger partial charge is 0.301 e. The fraction of sp³-hybridized carbons (Fsp3) is 0.500. The van der Waals surface area contributed by atoms with E-state index in [0.717, 1.165) is 43.8 Å². The van der Waals surface area contributed by atoms with Gasteiger partial charge in [-0.2, -0.15) is 0 Å². The summed E-state index contributed by atoms with van der Waals surface area (Å²) in [6, 6.07) is 3.05. The number of fused-ring (bicyclic) bond motifs is 5. The summed E-state index contributed by atoms with van der Waals surface area (Å²) in [5.41, 5.74) is 1.17. The molecule has 3 aliphatic rings. The van der Waals surface area contributed by atoms with Gasteiger partial charge in [0, 0.05) is 31.7 Å². The van der Waals surface area contributed by atoms with Gasteiger partial charge >= 0.3 is 0 Å². The van der Waals surface area contributed by atoms with E-state index in [9.17, 15) is 9.18 Å². The summed E-state index contributed by atoms with van der Waals surface area (Å²) in [6.07, 6.45) is 1.11. The van der Waals surface area contributed by atoms with Crippen molar-refractivity contribution in [1.82, 2.24) is 14.8 Å². The number of thiazole rings is 1. The smallest absolute Gasteiger partial charge is 0.244 e. The zero-order valence-electron chi connectivity index (χ0n) is 13.0. The first kappa shape index (κ1) is 15.0. The SMILES string of the molecule is Cc1c(F)ccc2sc(NC(=O)C3CN4CCCN3CC4)nc12. The topological polar surface area (TPSA) is 48.5 Å². The number of nitrogens with one attached hydrogen (secondary N) is 1. The predicted molar refractivity (Wildman–Crippen MR) is 89.4 cm³/mol. The van der Waals surface area contributed by atoms with Crippen LogP contribution in [0.5, 0.6) is 0 Å². The summed E-state index contributed by atoms with van der Waals surface area (Å²) in [4.78, 5) is 21.7. The fourth-order valence-corrected chi connectivity index (χ4v) is 4.36. The number of anilines is 1. The molecule has 7 heteroatoms. The summed E-state index contributed by atoms with van der Waals surface area (Å²) in [7, 11) is 0. The zero-order chi connectivity index (χ0) is 16.0. The van der Waals surface area contributed by atoms with Crippen LogP contribution in [0, 0.1) is 12.7 Å². The number of aryl methyl sites for hydroxylation is 1. The summed E-state index contributed by atoms with van der Waals surface area (Å²) < 4.78 is 14.5. The number of carbonyl (C=O) groups is 1. The highest BCUT2D eigenvalue weighted by Gasteiger charge is 2.34. The van der Waals surface area contributed by atoms with Gasteiger partial charge in [-0.05, 0) is 32.0 Å². The Bertz CT molecular complexity index is 758. The molecule has 4 heterocycles. The fourth-order valence-electron chi connectivity index (χ4n) is 3.44. The number of hydrogen-bond donors (Lipinski definition) is 1. The van der Waals surface area contributed by atoms with Gasteiger partial charge in [0.05, 0.1) is 10.2 Å². The molecular weight excluding hydrogens is 315 g/mol. The molecule has 1 aromatic heterocycles. The molecule has 3 unspecified atom stereocenters. The van der Waals surface area contributed by atoms with Crippen LogP contribution in [0.25, 0.3) is 10.2 Å². The lowest BCUT2D eigenvalue weighted by Crippen LogP contribution is -2.55. The van der Waals surface area contributed by atoms with Crippen LogP contribution >= 0.6 is 11.3 Å². The summed E-state index contributed by atoms with van der Waals surface area (Å²) in [5.74, 6) is -0.269. The number of benzene rings is 1. The van der Waals surface area contributed by atoms with Crippen molar-refractivity contribution in [2.45, 2.75) is 19.4 Å². The average Bonchev–Trinajstić information content (AvgIpc) is 2.72. The molecular formula is C16H19FN4OS. The Hall–Kier alpha value is -1.57. The molecule has 0 saturated carbocycles. The maximum atomic E-state index is 13.6. The van der Waals surface area contributed by atoms with E-state index in [-0.39, 0.29) is 17.8 Å². The summed E-state index contributed by atoms with van der Waals surface area (Å²) in [5, 5.41) is 3.49. The van der Waals surface area contributed by atoms with Gasteiger partial charge in [0.2, 0.25) is 5.91 Å². The lowest BCUT2D eigenvalue weighted by Gasteiger charge is -2.36. The summed E-state index contributed by atoms with van der Waals surface area (Å²) in [6.45, 7) is 6.53. The van der Waals surface area contributed by atoms with Crippen molar-refractivity contribution in [2.75, 3.05) is 38.0 Å². The van der Waals surface area contributed by atoms with Gasteiger partial charge in [0.25, 0.3) is 0 Å². The molecule has 23 heavy (non-hydrogen) atoms. The predicted octanol–water partition coefficient (Wildman–Crippen LogP) is 2.07. The Morgan fingerprint density at radius 3 is 3.09 bits per heavy atom. The number of halogens is 1. The number of piperazine rings is 1. The molecule has 1 N–H and O–H groups in total. The van der Waals surface area contributed by atoms with Crippen LogP contribution in [0.2, 0.25) is 0 Å². The molecule has 122 valence electrons. The number of carbonyl (C=O) groups excluding carboxylic acids is 1. The quantitative estimate of drug-likeness (QED) is 0.913. The van der Waals surface area contributed by atoms with Crippen molar-refractivity contribution in [1.29, 1.82) is 0 Å². The highest BCUT2D eigenvalue weighted by Crippen LogP contribution is 2.29. The van der Waals surface area contributed by atoms with E-state index in [4.69, 9.17) is 0 Å². The minimum atomic E-state index is -0.263. The first-order valence-corrected chi connectivity index (χ1v) is 8.76. The highest BCUT2D eigenvalue weighted by molar-refractivity contribution is 7.22. The van der Waals surface area contributed by atoms with Crippen LogP contribution < -0.4 is 5.32 Å². The van der Waals surface area contributed by atoms with Gasteiger partial charge < -0.3 is 5.32 Å². The number of aromatic nitrogens is 1. The molecule has 1 aromatic carbocycles. The second-order valence-electron chi connectivity index (χ2n) is 6.23. The number of rotatable bonds is 2. The monoisotopic (exact) mass is 334 g/mol. The third-order valence-corrected chi connectivity index (χ3v) is 5.71. The van der Waals surface area contributed by atoms with Crippen molar-refractivity contribution in [3.63, 3.8) is 0 Å². The molecule has 3 saturated heterocycles. The Labute approximate surface area is 138 Å². The van der Waals surface area contributed by atoms with Crippen LogP contribution in [0.4, 0.5) is 9.52 Å². The maximum absolute atomic E-state index is 13.6. The molecule has 5 nitrogen and oxygen atoms in total. The first-order chi connectivity index (χ1) is 11.1. The molecule has 2 aromatic rings. The second kappa shape index (κ2) is 5.81. The van der Waals surface area contributed by atoms with Gasteiger partial charge in [-0.3, -0.25) is 14.6 Å². The lowest BCUT2D eigenvalue weighted by molar-refractivity contribution is -0.122. The molecule has 3 aliphatic heterocycles. The van der Waals surface area contributed by atoms with Crippen LogP contribution in [0.1, 0.15) is 12.0 Å². The lowest BCUT2D eigenvalue weighted by atomic mass is 10.2. The van der Waals surface area contributed by atoms with Crippen LogP contribution in [-0.2, 0) is 4.79 Å². The molecule has 0 radical (unpaired) electrons. The molecule has 2 bridgehead atoms. The minimum absolute atomic E-state index is 0.00576. The molecule has 1 amide bonds. The van der Waals surface area contributed by atoms with E-state index < -0.39 is 0 Å². The van der Waals surface area contributed by atoms with Gasteiger partial charge in [-0.1, -0.05) is 11.3 Å². The third-order valence-electron chi connectivity index (χ3n) is 4.78. The zero-order valence-corrected chi connectivity index (χ0v) is 13.8. The van der Waals surface area contributed by atoms with E-state index in [1.807, 2.05) is 0 Å². The average molecular weight is 334 g/mol. The van der Waals surface area contributed by atoms with Gasteiger partial charge in [-0.25, -0.2) is 9.37 Å². The Kier molecular flexibility index (Phi) is 3.79. The van der Waals surface area contributed by atoms with Crippen LogP contribution in [-0.4, -0.2) is 59.5 Å². The second-order valence-corrected chi connectivity index (χ2v) is 7.26. The highest BCUT2D eigenvalue weighted by atomic mass is 32.1. The molecule has 3 fully saturated rings. The standard InChI is InChI=1S/C16H19FN4OS/c1-10-11(17)3-4-13-14(10)18-16(23-13)19-15(22)12-9-20-5-2-6-21(12)8-7-20/h3-4,12H,2,5-9H2,1H3,(H,18,19,22). The van der Waals surface area contributed by atoms with Crippen molar-refractivity contribution in [3.8, 4) is 0 Å². The van der Waals surface area contributed by atoms with E-state index in [1.165, 1.54) is 17.4 Å². The van der Waals surface area contributed by atoms with Gasteiger partial charge in [-0.15, -0.1) is 0 Å².